The van der Waals surface area contributed by atoms with Gasteiger partial charge in [-0.2, -0.15) is 0 Å². The molecule has 0 saturated carbocycles. The van der Waals surface area contributed by atoms with Crippen molar-refractivity contribution < 1.29 is 4.52 Å². The summed E-state index contributed by atoms with van der Waals surface area (Å²) in [5.41, 5.74) is 5.01. The Balaban J connectivity index is 2.05. The van der Waals surface area contributed by atoms with E-state index in [0.717, 1.165) is 30.1 Å². The summed E-state index contributed by atoms with van der Waals surface area (Å²) in [5.74, 6) is 0.843. The highest BCUT2D eigenvalue weighted by molar-refractivity contribution is 7.07. The van der Waals surface area contributed by atoms with Crippen LogP contribution in [0, 0.1) is 0 Å². The number of likely N-dealkylation sites (N-methyl/N-ethyl adjacent to an activating group) is 1. The van der Waals surface area contributed by atoms with Gasteiger partial charge in [0.15, 0.2) is 5.76 Å². The zero-order chi connectivity index (χ0) is 11.1. The fourth-order valence-electron chi connectivity index (χ4n) is 2.03. The molecule has 0 bridgehead atoms. The smallest absolute Gasteiger partial charge is 0.190 e. The van der Waals surface area contributed by atoms with Crippen molar-refractivity contribution in [3.63, 3.8) is 0 Å². The second kappa shape index (κ2) is 3.68. The minimum Gasteiger partial charge on any atom is -0.354 e. The van der Waals surface area contributed by atoms with E-state index in [4.69, 9.17) is 4.52 Å². The summed E-state index contributed by atoms with van der Waals surface area (Å²) in [5, 5.41) is 6.16. The molecule has 0 amide bonds. The Morgan fingerprint density at radius 1 is 1.56 bits per heavy atom. The van der Waals surface area contributed by atoms with Gasteiger partial charge in [-0.05, 0) is 14.0 Å². The van der Waals surface area contributed by atoms with E-state index < -0.39 is 0 Å². The molecule has 5 heteroatoms. The van der Waals surface area contributed by atoms with Gasteiger partial charge < -0.3 is 4.52 Å². The van der Waals surface area contributed by atoms with Crippen LogP contribution in [0.1, 0.15) is 18.2 Å². The summed E-state index contributed by atoms with van der Waals surface area (Å²) in [6.45, 7) is 3.10. The quantitative estimate of drug-likeness (QED) is 0.759. The molecule has 0 radical (unpaired) electrons. The molecular weight excluding hydrogens is 222 g/mol. The normalized spacial score (nSPS) is 21.0. The lowest BCUT2D eigenvalue weighted by Gasteiger charge is -2.28. The van der Waals surface area contributed by atoms with Crippen LogP contribution in [0.4, 0.5) is 0 Å². The van der Waals surface area contributed by atoms with Crippen molar-refractivity contribution in [3.05, 3.63) is 22.1 Å². The average Bonchev–Trinajstić information content (AvgIpc) is 2.87. The minimum absolute atomic E-state index is 0.529. The highest BCUT2D eigenvalue weighted by Gasteiger charge is 2.27. The van der Waals surface area contributed by atoms with E-state index >= 15 is 0 Å². The van der Waals surface area contributed by atoms with Crippen LogP contribution in [0.2, 0.25) is 0 Å². The standard InChI is InChI=1S/C11H13N3OS/c1-7-3-9-8(4-14(7)2)11(15-13-9)10-5-16-6-12-10/h5-7H,3-4H2,1-2H3/t7-/m0/s1. The molecule has 4 nitrogen and oxygen atoms in total. The number of hydrogen-bond acceptors (Lipinski definition) is 5. The highest BCUT2D eigenvalue weighted by atomic mass is 32.1. The maximum absolute atomic E-state index is 5.43. The molecule has 2 aromatic heterocycles. The first-order valence-electron chi connectivity index (χ1n) is 5.32. The summed E-state index contributed by atoms with van der Waals surface area (Å²) >= 11 is 1.58. The van der Waals surface area contributed by atoms with Crippen molar-refractivity contribution >= 4 is 11.3 Å². The molecule has 0 fully saturated rings. The molecule has 3 rings (SSSR count). The van der Waals surface area contributed by atoms with Gasteiger partial charge in [0.25, 0.3) is 0 Å². The summed E-state index contributed by atoms with van der Waals surface area (Å²) in [7, 11) is 2.13. The Morgan fingerprint density at radius 2 is 2.44 bits per heavy atom. The van der Waals surface area contributed by atoms with Crippen molar-refractivity contribution in [1.82, 2.24) is 15.0 Å². The molecule has 0 saturated heterocycles. The number of aromatic nitrogens is 2. The van der Waals surface area contributed by atoms with Gasteiger partial charge in [0.05, 0.1) is 11.2 Å². The Bertz CT molecular complexity index is 491. The lowest BCUT2D eigenvalue weighted by molar-refractivity contribution is 0.230. The molecule has 0 unspecified atom stereocenters. The van der Waals surface area contributed by atoms with Gasteiger partial charge in [-0.1, -0.05) is 5.16 Å². The molecule has 1 aliphatic rings. The van der Waals surface area contributed by atoms with E-state index in [0.29, 0.717) is 6.04 Å². The fraction of sp³-hybridized carbons (Fsp3) is 0.455. The van der Waals surface area contributed by atoms with E-state index in [9.17, 15) is 0 Å². The minimum atomic E-state index is 0.529. The van der Waals surface area contributed by atoms with E-state index in [-0.39, 0.29) is 0 Å². The monoisotopic (exact) mass is 235 g/mol. The second-order valence-electron chi connectivity index (χ2n) is 4.28. The molecule has 2 aromatic rings. The average molecular weight is 235 g/mol. The maximum Gasteiger partial charge on any atom is 0.190 e. The largest absolute Gasteiger partial charge is 0.354 e. The molecule has 1 aliphatic heterocycles. The second-order valence-corrected chi connectivity index (χ2v) is 5.00. The van der Waals surface area contributed by atoms with E-state index in [1.54, 1.807) is 11.3 Å². The number of fused-ring (bicyclic) bond motifs is 1. The Hall–Kier alpha value is -1.20. The van der Waals surface area contributed by atoms with Crippen molar-refractivity contribution in [2.75, 3.05) is 7.05 Å². The van der Waals surface area contributed by atoms with Crippen LogP contribution >= 0.6 is 11.3 Å². The van der Waals surface area contributed by atoms with Crippen LogP contribution in [-0.4, -0.2) is 28.1 Å². The van der Waals surface area contributed by atoms with Crippen molar-refractivity contribution in [2.45, 2.75) is 25.9 Å². The first-order chi connectivity index (χ1) is 7.75. The molecular formula is C11H13N3OS. The van der Waals surface area contributed by atoms with Crippen molar-refractivity contribution in [2.24, 2.45) is 0 Å². The van der Waals surface area contributed by atoms with Crippen LogP contribution < -0.4 is 0 Å². The van der Waals surface area contributed by atoms with Crippen LogP contribution in [0.5, 0.6) is 0 Å². The predicted octanol–water partition coefficient (Wildman–Crippen LogP) is 2.17. The van der Waals surface area contributed by atoms with Gasteiger partial charge in [-0.15, -0.1) is 11.3 Å². The summed E-state index contributed by atoms with van der Waals surface area (Å²) in [6.07, 6.45) is 0.958. The van der Waals surface area contributed by atoms with Gasteiger partial charge in [0, 0.05) is 30.0 Å². The molecule has 0 aliphatic carbocycles. The topological polar surface area (TPSA) is 42.2 Å². The Morgan fingerprint density at radius 3 is 3.19 bits per heavy atom. The molecule has 0 aromatic carbocycles. The van der Waals surface area contributed by atoms with Crippen LogP contribution in [-0.2, 0) is 13.0 Å². The Kier molecular flexibility index (Phi) is 2.29. The van der Waals surface area contributed by atoms with Crippen LogP contribution in [0.15, 0.2) is 15.4 Å². The van der Waals surface area contributed by atoms with E-state index in [1.165, 1.54) is 5.56 Å². The van der Waals surface area contributed by atoms with Gasteiger partial charge in [0.1, 0.15) is 5.69 Å². The molecule has 84 valence electrons. The zero-order valence-corrected chi connectivity index (χ0v) is 10.1. The maximum atomic E-state index is 5.43. The molecule has 16 heavy (non-hydrogen) atoms. The van der Waals surface area contributed by atoms with Gasteiger partial charge in [-0.3, -0.25) is 4.90 Å². The van der Waals surface area contributed by atoms with Crippen molar-refractivity contribution in [3.8, 4) is 11.5 Å². The lowest BCUT2D eigenvalue weighted by Crippen LogP contribution is -2.34. The summed E-state index contributed by atoms with van der Waals surface area (Å²) in [4.78, 5) is 6.59. The third kappa shape index (κ3) is 1.47. The molecule has 0 spiro atoms. The SMILES string of the molecule is C[C@H]1Cc2noc(-c3cscn3)c2CN1C. The Labute approximate surface area is 97.9 Å². The number of nitrogens with zero attached hydrogens (tertiary/aromatic N) is 3. The fourth-order valence-corrected chi connectivity index (χ4v) is 2.56. The number of thiazole rings is 1. The first kappa shape index (κ1) is 9.99. The lowest BCUT2D eigenvalue weighted by atomic mass is 10.00. The van der Waals surface area contributed by atoms with E-state index in [1.807, 2.05) is 10.9 Å². The zero-order valence-electron chi connectivity index (χ0n) is 9.30. The number of rotatable bonds is 1. The summed E-state index contributed by atoms with van der Waals surface area (Å²) in [6, 6.07) is 0.529. The third-order valence-corrected chi connectivity index (χ3v) is 3.77. The molecule has 0 N–H and O–H groups in total. The molecule has 3 heterocycles. The van der Waals surface area contributed by atoms with Crippen molar-refractivity contribution in [1.29, 1.82) is 0 Å². The van der Waals surface area contributed by atoms with Gasteiger partial charge in [-0.25, -0.2) is 4.98 Å². The van der Waals surface area contributed by atoms with Crippen LogP contribution in [0.25, 0.3) is 11.5 Å². The highest BCUT2D eigenvalue weighted by Crippen LogP contribution is 2.31. The number of hydrogen-bond donors (Lipinski definition) is 0. The first-order valence-corrected chi connectivity index (χ1v) is 6.26. The van der Waals surface area contributed by atoms with E-state index in [2.05, 4.69) is 29.0 Å². The predicted molar refractivity (Wildman–Crippen MR) is 62.2 cm³/mol. The summed E-state index contributed by atoms with van der Waals surface area (Å²) < 4.78 is 5.43. The molecule has 1 atom stereocenters. The van der Waals surface area contributed by atoms with Gasteiger partial charge in [0.2, 0.25) is 0 Å². The third-order valence-electron chi connectivity index (χ3n) is 3.18. The van der Waals surface area contributed by atoms with Crippen LogP contribution in [0.3, 0.4) is 0 Å². The van der Waals surface area contributed by atoms with Gasteiger partial charge >= 0.3 is 0 Å².